The molecule has 1 aliphatic heterocycles. The second kappa shape index (κ2) is 15.6. The number of carbonyl (C=O) groups excluding carboxylic acids is 3. The van der Waals surface area contributed by atoms with Gasteiger partial charge in [-0.25, -0.2) is 19.2 Å². The third-order valence-electron chi connectivity index (χ3n) is 7.55. The highest BCUT2D eigenvalue weighted by molar-refractivity contribution is 7.62. The molecule has 48 heavy (non-hydrogen) atoms. The van der Waals surface area contributed by atoms with Gasteiger partial charge in [-0.1, -0.05) is 18.2 Å². The van der Waals surface area contributed by atoms with Gasteiger partial charge in [0.2, 0.25) is 7.37 Å². The molecule has 2 heterocycles. The maximum Gasteiger partial charge on any atom is 0.419 e. The van der Waals surface area contributed by atoms with Crippen molar-refractivity contribution in [2.75, 3.05) is 32.4 Å². The fraction of sp³-hybridized carbons (Fsp3) is 0.657. The van der Waals surface area contributed by atoms with Gasteiger partial charge in [0.25, 0.3) is 0 Å². The number of hydrogen-bond acceptors (Lipinski definition) is 10. The third-order valence-corrected chi connectivity index (χ3v) is 10.9. The number of esters is 1. The predicted octanol–water partition coefficient (Wildman–Crippen LogP) is 7.43. The number of hydrogen-bond donors (Lipinski definition) is 0. The average Bonchev–Trinajstić information content (AvgIpc) is 3.47. The molecule has 2 amide bonds. The smallest absolute Gasteiger partial charge is 0.419 e. The highest BCUT2D eigenvalue weighted by Gasteiger charge is 2.59. The van der Waals surface area contributed by atoms with E-state index in [0.717, 1.165) is 16.2 Å². The van der Waals surface area contributed by atoms with Crippen molar-refractivity contribution in [3.63, 3.8) is 0 Å². The first kappa shape index (κ1) is 39.2. The van der Waals surface area contributed by atoms with Crippen LogP contribution in [0.15, 0.2) is 42.7 Å². The zero-order chi connectivity index (χ0) is 36.0. The van der Waals surface area contributed by atoms with Crippen molar-refractivity contribution in [1.29, 1.82) is 0 Å². The van der Waals surface area contributed by atoms with Crippen molar-refractivity contribution in [2.24, 2.45) is 0 Å². The Bertz CT molecular complexity index is 1410. The maximum atomic E-state index is 14.8. The van der Waals surface area contributed by atoms with Gasteiger partial charge in [0.15, 0.2) is 5.16 Å². The van der Waals surface area contributed by atoms with Crippen LogP contribution in [0.1, 0.15) is 94.1 Å². The Morgan fingerprint density at radius 1 is 0.896 bits per heavy atom. The van der Waals surface area contributed by atoms with E-state index in [1.165, 1.54) is 0 Å². The van der Waals surface area contributed by atoms with E-state index < -0.39 is 47.5 Å². The monoisotopic (exact) mass is 690 g/mol. The van der Waals surface area contributed by atoms with Crippen molar-refractivity contribution < 1.29 is 37.7 Å². The standard InChI is InChI=1S/C35H55N4O8P/c1-11-44-48(43)24-23-37(25-27-17-12-13-18-28(27)39-22-16-20-36-39)26-35(48,29(40)45-32(2,3)4)19-14-15-21-38(30(41)46-33(5,6)7)31(42)47-34(8,9)10/h12-13,16-18,20,22H,11,14-15,19,21,23-26H2,1-10H3. The Labute approximate surface area is 285 Å². The van der Waals surface area contributed by atoms with E-state index in [0.29, 0.717) is 25.9 Å². The van der Waals surface area contributed by atoms with Gasteiger partial charge in [0.05, 0.1) is 12.3 Å². The molecule has 1 fully saturated rings. The molecule has 1 aromatic heterocycles. The van der Waals surface area contributed by atoms with Crippen LogP contribution < -0.4 is 0 Å². The van der Waals surface area contributed by atoms with Crippen LogP contribution >= 0.6 is 7.37 Å². The average molecular weight is 691 g/mol. The molecule has 3 rings (SSSR count). The van der Waals surface area contributed by atoms with E-state index in [2.05, 4.69) is 10.00 Å². The minimum atomic E-state index is -3.59. The highest BCUT2D eigenvalue weighted by Crippen LogP contribution is 2.64. The third kappa shape index (κ3) is 10.6. The minimum absolute atomic E-state index is 0.0197. The lowest BCUT2D eigenvalue weighted by Crippen LogP contribution is -2.56. The molecule has 0 aliphatic carbocycles. The Hall–Kier alpha value is -3.21. The number of imide groups is 1. The van der Waals surface area contributed by atoms with Crippen molar-refractivity contribution in [2.45, 2.75) is 117 Å². The predicted molar refractivity (Wildman–Crippen MR) is 185 cm³/mol. The first-order valence-corrected chi connectivity index (χ1v) is 18.5. The lowest BCUT2D eigenvalue weighted by molar-refractivity contribution is -0.160. The molecule has 1 aromatic carbocycles. The van der Waals surface area contributed by atoms with Crippen LogP contribution in [0.25, 0.3) is 5.69 Å². The van der Waals surface area contributed by atoms with Crippen molar-refractivity contribution in [1.82, 2.24) is 19.6 Å². The van der Waals surface area contributed by atoms with Gasteiger partial charge in [-0.15, -0.1) is 0 Å². The van der Waals surface area contributed by atoms with Crippen LogP contribution in [-0.2, 0) is 34.6 Å². The fourth-order valence-corrected chi connectivity index (χ4v) is 8.61. The summed E-state index contributed by atoms with van der Waals surface area (Å²) in [6.07, 6.45) is 2.93. The van der Waals surface area contributed by atoms with Crippen LogP contribution in [0, 0.1) is 0 Å². The largest absolute Gasteiger partial charge is 0.459 e. The summed E-state index contributed by atoms with van der Waals surface area (Å²) in [6.45, 7) is 18.7. The fourth-order valence-electron chi connectivity index (χ4n) is 5.60. The summed E-state index contributed by atoms with van der Waals surface area (Å²) in [5.74, 6) is -0.576. The summed E-state index contributed by atoms with van der Waals surface area (Å²) in [4.78, 5) is 43.5. The van der Waals surface area contributed by atoms with E-state index in [-0.39, 0.29) is 32.3 Å². The van der Waals surface area contributed by atoms with Gasteiger partial charge in [-0.3, -0.25) is 14.3 Å². The normalized spacial score (nSPS) is 20.6. The molecule has 1 saturated heterocycles. The minimum Gasteiger partial charge on any atom is -0.459 e. The van der Waals surface area contributed by atoms with Gasteiger partial charge in [0, 0.05) is 44.7 Å². The van der Waals surface area contributed by atoms with E-state index in [1.54, 1.807) is 80.1 Å². The number of benzene rings is 1. The molecule has 2 unspecified atom stereocenters. The Kier molecular flexibility index (Phi) is 12.7. The van der Waals surface area contributed by atoms with Gasteiger partial charge in [-0.05, 0) is 106 Å². The number of unbranched alkanes of at least 4 members (excludes halogenated alkanes) is 1. The summed E-state index contributed by atoms with van der Waals surface area (Å²) >= 11 is 0. The van der Waals surface area contributed by atoms with E-state index in [1.807, 2.05) is 36.5 Å². The second-order valence-electron chi connectivity index (χ2n) is 15.2. The van der Waals surface area contributed by atoms with Crippen LogP contribution in [0.4, 0.5) is 9.59 Å². The molecule has 13 heteroatoms. The van der Waals surface area contributed by atoms with E-state index >= 15 is 0 Å². The Balaban J connectivity index is 1.92. The maximum absolute atomic E-state index is 14.8. The molecule has 268 valence electrons. The molecule has 0 spiro atoms. The molecule has 0 radical (unpaired) electrons. The quantitative estimate of drug-likeness (QED) is 0.102. The topological polar surface area (TPSA) is 130 Å². The molecule has 2 aromatic rings. The number of nitrogens with zero attached hydrogens (tertiary/aromatic N) is 4. The number of para-hydroxylation sites is 1. The van der Waals surface area contributed by atoms with Crippen LogP contribution in [0.2, 0.25) is 0 Å². The van der Waals surface area contributed by atoms with Crippen molar-refractivity contribution in [3.05, 3.63) is 48.3 Å². The van der Waals surface area contributed by atoms with Crippen LogP contribution in [-0.4, -0.2) is 92.1 Å². The summed E-state index contributed by atoms with van der Waals surface area (Å²) in [6, 6.07) is 9.77. The summed E-state index contributed by atoms with van der Waals surface area (Å²) in [5, 5.41) is 2.93. The second-order valence-corrected chi connectivity index (χ2v) is 18.1. The molecule has 0 N–H and O–H groups in total. The summed E-state index contributed by atoms with van der Waals surface area (Å²) in [7, 11) is -3.59. The SMILES string of the molecule is CCOP1(=O)CCN(Cc2ccccc2-n2cccn2)CC1(CCCCN(C(=O)OC(C)(C)C)C(=O)OC(C)(C)C)C(=O)OC(C)(C)C. The Morgan fingerprint density at radius 2 is 1.50 bits per heavy atom. The van der Waals surface area contributed by atoms with E-state index in [9.17, 15) is 18.9 Å². The number of rotatable bonds is 11. The molecule has 0 bridgehead atoms. The number of carbonyl (C=O) groups is 3. The van der Waals surface area contributed by atoms with Crippen molar-refractivity contribution in [3.8, 4) is 5.69 Å². The number of ether oxygens (including phenoxy) is 3. The molecular weight excluding hydrogens is 635 g/mol. The first-order chi connectivity index (χ1) is 22.2. The van der Waals surface area contributed by atoms with Crippen LogP contribution in [0.5, 0.6) is 0 Å². The summed E-state index contributed by atoms with van der Waals surface area (Å²) < 4.78 is 39.6. The van der Waals surface area contributed by atoms with Gasteiger partial charge >= 0.3 is 18.2 Å². The lowest BCUT2D eigenvalue weighted by atomic mass is 9.98. The van der Waals surface area contributed by atoms with E-state index in [4.69, 9.17) is 18.7 Å². The Morgan fingerprint density at radius 3 is 2.04 bits per heavy atom. The zero-order valence-corrected chi connectivity index (χ0v) is 31.3. The lowest BCUT2D eigenvalue weighted by Gasteiger charge is -2.46. The van der Waals surface area contributed by atoms with Gasteiger partial charge in [0.1, 0.15) is 16.8 Å². The van der Waals surface area contributed by atoms with Crippen molar-refractivity contribution >= 4 is 25.5 Å². The van der Waals surface area contributed by atoms with Gasteiger partial charge < -0.3 is 18.7 Å². The number of aromatic nitrogens is 2. The van der Waals surface area contributed by atoms with Crippen LogP contribution in [0.3, 0.4) is 0 Å². The molecule has 12 nitrogen and oxygen atoms in total. The summed E-state index contributed by atoms with van der Waals surface area (Å²) in [5.41, 5.74) is -0.584. The zero-order valence-electron chi connectivity index (χ0n) is 30.4. The first-order valence-electron chi connectivity index (χ1n) is 16.7. The van der Waals surface area contributed by atoms with Gasteiger partial charge in [-0.2, -0.15) is 5.10 Å². The molecule has 0 saturated carbocycles. The number of amides is 2. The highest BCUT2D eigenvalue weighted by atomic mass is 31.2. The molecule has 2 atom stereocenters. The molecular formula is C35H55N4O8P. The molecule has 1 aliphatic rings.